The van der Waals surface area contributed by atoms with E-state index in [1.165, 1.54) is 257 Å². The van der Waals surface area contributed by atoms with Crippen LogP contribution in [0.3, 0.4) is 0 Å². The molecule has 2 atom stereocenters. The molecule has 0 aromatic heterocycles. The number of unbranched alkanes of at least 4 members (excludes halogenated alkanes) is 42. The van der Waals surface area contributed by atoms with Gasteiger partial charge in [0.2, 0.25) is 5.91 Å². The van der Waals surface area contributed by atoms with E-state index in [1.54, 1.807) is 6.08 Å². The quantitative estimate of drug-likeness (QED) is 0.0424. The van der Waals surface area contributed by atoms with E-state index in [9.17, 15) is 15.0 Å². The van der Waals surface area contributed by atoms with E-state index in [2.05, 4.69) is 19.2 Å². The Hall–Kier alpha value is -0.870. The zero-order valence-electron chi connectivity index (χ0n) is 39.1. The molecule has 0 bridgehead atoms. The Bertz CT molecular complexity index is 784. The molecule has 0 saturated carbocycles. The van der Waals surface area contributed by atoms with Crippen LogP contribution in [0, 0.1) is 0 Å². The summed E-state index contributed by atoms with van der Waals surface area (Å²) < 4.78 is 0. The Morgan fingerprint density at radius 2 is 0.649 bits per heavy atom. The molecule has 0 aromatic rings. The van der Waals surface area contributed by atoms with Crippen molar-refractivity contribution in [1.29, 1.82) is 0 Å². The van der Waals surface area contributed by atoms with E-state index in [1.807, 2.05) is 6.08 Å². The lowest BCUT2D eigenvalue weighted by molar-refractivity contribution is -0.123. The fourth-order valence-electron chi connectivity index (χ4n) is 8.48. The first-order valence-corrected chi connectivity index (χ1v) is 26.4. The second kappa shape index (κ2) is 49.5. The highest BCUT2D eigenvalue weighted by atomic mass is 16.3. The molecule has 0 rings (SSSR count). The number of amides is 1. The van der Waals surface area contributed by atoms with Gasteiger partial charge < -0.3 is 15.5 Å². The maximum absolute atomic E-state index is 12.4. The number of hydrogen-bond donors (Lipinski definition) is 3. The van der Waals surface area contributed by atoms with Crippen LogP contribution in [-0.2, 0) is 4.79 Å². The van der Waals surface area contributed by atoms with Gasteiger partial charge >= 0.3 is 0 Å². The van der Waals surface area contributed by atoms with Crippen molar-refractivity contribution in [3.05, 3.63) is 12.2 Å². The van der Waals surface area contributed by atoms with Crippen molar-refractivity contribution in [1.82, 2.24) is 5.32 Å². The number of rotatable bonds is 49. The molecule has 3 N–H and O–H groups in total. The largest absolute Gasteiger partial charge is 0.394 e. The summed E-state index contributed by atoms with van der Waals surface area (Å²) in [6, 6.07) is -0.617. The lowest BCUT2D eigenvalue weighted by Gasteiger charge is -2.20. The van der Waals surface area contributed by atoms with E-state index in [4.69, 9.17) is 0 Å². The van der Waals surface area contributed by atoms with Gasteiger partial charge in [0.15, 0.2) is 0 Å². The Morgan fingerprint density at radius 3 is 0.912 bits per heavy atom. The smallest absolute Gasteiger partial charge is 0.220 e. The van der Waals surface area contributed by atoms with Crippen molar-refractivity contribution in [3.63, 3.8) is 0 Å². The molecule has 0 spiro atoms. The van der Waals surface area contributed by atoms with Gasteiger partial charge in [0.25, 0.3) is 0 Å². The minimum Gasteiger partial charge on any atom is -0.394 e. The molecule has 4 nitrogen and oxygen atoms in total. The van der Waals surface area contributed by atoms with Crippen LogP contribution in [0.25, 0.3) is 0 Å². The van der Waals surface area contributed by atoms with Gasteiger partial charge in [-0.05, 0) is 19.3 Å². The molecule has 1 amide bonds. The Kier molecular flexibility index (Phi) is 48.7. The summed E-state index contributed by atoms with van der Waals surface area (Å²) in [5.74, 6) is -0.0579. The summed E-state index contributed by atoms with van der Waals surface area (Å²) in [4.78, 5) is 12.4. The number of carbonyl (C=O) groups excluding carboxylic acids is 1. The molecule has 2 unspecified atom stereocenters. The number of hydrogen-bond acceptors (Lipinski definition) is 3. The zero-order valence-corrected chi connectivity index (χ0v) is 39.1. The third kappa shape index (κ3) is 46.1. The number of carbonyl (C=O) groups is 1. The van der Waals surface area contributed by atoms with E-state index < -0.39 is 12.1 Å². The number of nitrogens with one attached hydrogen (secondary N) is 1. The van der Waals surface area contributed by atoms with Crippen LogP contribution in [0.4, 0.5) is 0 Å². The van der Waals surface area contributed by atoms with Gasteiger partial charge in [-0.15, -0.1) is 0 Å². The Morgan fingerprint density at radius 1 is 0.404 bits per heavy atom. The zero-order chi connectivity index (χ0) is 41.4. The van der Waals surface area contributed by atoms with Crippen LogP contribution >= 0.6 is 0 Å². The molecule has 0 saturated heterocycles. The highest BCUT2D eigenvalue weighted by Crippen LogP contribution is 2.17. The molecule has 0 aromatic carbocycles. The lowest BCUT2D eigenvalue weighted by Crippen LogP contribution is -2.45. The number of aliphatic hydroxyl groups excluding tert-OH is 2. The van der Waals surface area contributed by atoms with E-state index >= 15 is 0 Å². The average Bonchev–Trinajstić information content (AvgIpc) is 3.22. The molecule has 0 aliphatic heterocycles. The van der Waals surface area contributed by atoms with Gasteiger partial charge in [-0.3, -0.25) is 4.79 Å². The maximum Gasteiger partial charge on any atom is 0.220 e. The van der Waals surface area contributed by atoms with E-state index in [0.717, 1.165) is 25.7 Å². The fraction of sp³-hybridized carbons (Fsp3) is 0.943. The lowest BCUT2D eigenvalue weighted by atomic mass is 10.0. The van der Waals surface area contributed by atoms with Crippen LogP contribution < -0.4 is 5.32 Å². The van der Waals surface area contributed by atoms with Gasteiger partial charge in [-0.2, -0.15) is 0 Å². The Balaban J connectivity index is 3.44. The molecule has 0 radical (unpaired) electrons. The predicted molar refractivity (Wildman–Crippen MR) is 253 cm³/mol. The third-order valence-electron chi connectivity index (χ3n) is 12.5. The monoisotopic (exact) mass is 804 g/mol. The summed E-state index contributed by atoms with van der Waals surface area (Å²) in [5, 5.41) is 23.1. The molecule has 0 fully saturated rings. The normalized spacial score (nSPS) is 12.8. The minimum absolute atomic E-state index is 0.0579. The summed E-state index contributed by atoms with van der Waals surface area (Å²) >= 11 is 0. The average molecular weight is 804 g/mol. The minimum atomic E-state index is -0.835. The first kappa shape index (κ1) is 56.1. The van der Waals surface area contributed by atoms with Crippen LogP contribution in [0.5, 0.6) is 0 Å². The van der Waals surface area contributed by atoms with E-state index in [0.29, 0.717) is 6.42 Å². The topological polar surface area (TPSA) is 69.6 Å². The molecule has 0 aliphatic carbocycles. The second-order valence-electron chi connectivity index (χ2n) is 18.3. The van der Waals surface area contributed by atoms with Gasteiger partial charge in [0.05, 0.1) is 18.8 Å². The Labute approximate surface area is 358 Å². The van der Waals surface area contributed by atoms with Crippen LogP contribution in [-0.4, -0.2) is 34.9 Å². The van der Waals surface area contributed by atoms with Gasteiger partial charge in [0, 0.05) is 6.42 Å². The van der Waals surface area contributed by atoms with Crippen molar-refractivity contribution in [2.75, 3.05) is 6.61 Å². The van der Waals surface area contributed by atoms with Crippen molar-refractivity contribution in [3.8, 4) is 0 Å². The van der Waals surface area contributed by atoms with Crippen molar-refractivity contribution >= 4 is 5.91 Å². The summed E-state index contributed by atoms with van der Waals surface area (Å²) in [6.45, 7) is 4.34. The molecule has 4 heteroatoms. The molecule has 0 aliphatic rings. The van der Waals surface area contributed by atoms with Crippen LogP contribution in [0.1, 0.15) is 303 Å². The predicted octanol–water partition coefficient (Wildman–Crippen LogP) is 17.0. The first-order chi connectivity index (χ1) is 28.2. The standard InChI is InChI=1S/C53H105NO3/c1-3-5-7-9-11-13-15-17-19-21-22-23-24-25-26-27-28-29-30-31-32-33-34-36-38-40-42-44-46-48-52(56)51(50-55)54-53(57)49-47-45-43-41-39-37-35-20-18-16-14-12-10-8-6-4-2/h46,48,51-52,55-56H,3-45,47,49-50H2,1-2H3,(H,54,57)/b48-46+. The van der Waals surface area contributed by atoms with Crippen LogP contribution in [0.15, 0.2) is 12.2 Å². The molecule has 340 valence electrons. The molecular formula is C53H105NO3. The third-order valence-corrected chi connectivity index (χ3v) is 12.5. The molecule has 0 heterocycles. The van der Waals surface area contributed by atoms with Gasteiger partial charge in [-0.25, -0.2) is 0 Å². The van der Waals surface area contributed by atoms with Crippen molar-refractivity contribution < 1.29 is 15.0 Å². The number of aliphatic hydroxyl groups is 2. The SMILES string of the molecule is CCCCCCCCCCCCCCCCCCCCCCCCCCCCC/C=C/C(O)C(CO)NC(=O)CCCCCCCCCCCCCCCCCC. The highest BCUT2D eigenvalue weighted by molar-refractivity contribution is 5.76. The summed E-state index contributed by atoms with van der Waals surface area (Å²) in [5.41, 5.74) is 0. The van der Waals surface area contributed by atoms with Crippen molar-refractivity contribution in [2.45, 2.75) is 315 Å². The second-order valence-corrected chi connectivity index (χ2v) is 18.3. The summed E-state index contributed by atoms with van der Waals surface area (Å²) in [6.07, 6.45) is 63.6. The molecule has 57 heavy (non-hydrogen) atoms. The number of allylic oxidation sites excluding steroid dienone is 1. The van der Waals surface area contributed by atoms with Gasteiger partial charge in [0.1, 0.15) is 0 Å². The fourth-order valence-corrected chi connectivity index (χ4v) is 8.48. The van der Waals surface area contributed by atoms with E-state index in [-0.39, 0.29) is 12.5 Å². The highest BCUT2D eigenvalue weighted by Gasteiger charge is 2.18. The van der Waals surface area contributed by atoms with Crippen LogP contribution in [0.2, 0.25) is 0 Å². The first-order valence-electron chi connectivity index (χ1n) is 26.4. The van der Waals surface area contributed by atoms with Crippen molar-refractivity contribution in [2.24, 2.45) is 0 Å². The summed E-state index contributed by atoms with van der Waals surface area (Å²) in [7, 11) is 0. The maximum atomic E-state index is 12.4. The van der Waals surface area contributed by atoms with Gasteiger partial charge in [-0.1, -0.05) is 289 Å². The molecular weight excluding hydrogens is 699 g/mol.